The number of para-hydroxylation sites is 1. The molecule has 0 bridgehead atoms. The van der Waals surface area contributed by atoms with Crippen molar-refractivity contribution in [2.75, 3.05) is 19.8 Å². The van der Waals surface area contributed by atoms with Gasteiger partial charge in [0, 0.05) is 12.1 Å². The molecule has 8 nitrogen and oxygen atoms in total. The second-order valence-electron chi connectivity index (χ2n) is 9.74. The summed E-state index contributed by atoms with van der Waals surface area (Å²) < 4.78 is 11.2. The zero-order valence-electron chi connectivity index (χ0n) is 19.2. The maximum Gasteiger partial charge on any atom is 0.325 e. The molecule has 0 radical (unpaired) electrons. The van der Waals surface area contributed by atoms with E-state index in [4.69, 9.17) is 9.47 Å². The molecule has 1 spiro atoms. The van der Waals surface area contributed by atoms with Crippen LogP contribution in [0.2, 0.25) is 0 Å². The fourth-order valence-electron chi connectivity index (χ4n) is 5.01. The van der Waals surface area contributed by atoms with Crippen molar-refractivity contribution in [3.05, 3.63) is 23.8 Å². The first kappa shape index (κ1) is 22.4. The Labute approximate surface area is 189 Å². The molecule has 4 rings (SSSR count). The van der Waals surface area contributed by atoms with Gasteiger partial charge in [0.25, 0.3) is 5.91 Å². The number of benzene rings is 1. The molecule has 2 aliphatic heterocycles. The zero-order chi connectivity index (χ0) is 22.9. The van der Waals surface area contributed by atoms with Gasteiger partial charge in [-0.3, -0.25) is 14.5 Å². The molecule has 0 unspecified atom stereocenters. The molecule has 1 aromatic rings. The number of carbonyl (C=O) groups excluding carboxylic acids is 3. The minimum Gasteiger partial charge on any atom is -0.486 e. The number of hydrogen-bond acceptors (Lipinski definition) is 5. The standard InChI is InChI=1S/C24H33N3O5/c1-4-23(2,3)17-8-10-24(11-9-17)21(29)27(22(30)26-24)15-19(28)25-14-16-6-5-7-18-20(16)32-13-12-31-18/h5-7,17H,4,8-15H2,1-3H3,(H,25,28)(H,26,30). The largest absolute Gasteiger partial charge is 0.486 e. The summed E-state index contributed by atoms with van der Waals surface area (Å²) in [6.07, 6.45) is 4.12. The number of rotatable bonds is 6. The fourth-order valence-corrected chi connectivity index (χ4v) is 5.01. The van der Waals surface area contributed by atoms with Crippen molar-refractivity contribution in [1.29, 1.82) is 0 Å². The Bertz CT molecular complexity index is 905. The Morgan fingerprint density at radius 1 is 1.22 bits per heavy atom. The molecule has 1 aliphatic carbocycles. The highest BCUT2D eigenvalue weighted by molar-refractivity contribution is 6.09. The molecule has 2 N–H and O–H groups in total. The lowest BCUT2D eigenvalue weighted by atomic mass is 9.65. The number of amides is 4. The first-order valence-corrected chi connectivity index (χ1v) is 11.5. The van der Waals surface area contributed by atoms with E-state index < -0.39 is 11.6 Å². The van der Waals surface area contributed by atoms with Crippen molar-refractivity contribution in [3.63, 3.8) is 0 Å². The Balaban J connectivity index is 1.35. The molecule has 2 fully saturated rings. The summed E-state index contributed by atoms with van der Waals surface area (Å²) in [4.78, 5) is 39.3. The third kappa shape index (κ3) is 4.14. The third-order valence-electron chi connectivity index (χ3n) is 7.53. The molecular weight excluding hydrogens is 410 g/mol. The van der Waals surface area contributed by atoms with Crippen molar-refractivity contribution in [3.8, 4) is 11.5 Å². The summed E-state index contributed by atoms with van der Waals surface area (Å²) >= 11 is 0. The number of hydrogen-bond donors (Lipinski definition) is 2. The molecule has 4 amide bonds. The van der Waals surface area contributed by atoms with E-state index in [0.29, 0.717) is 43.5 Å². The van der Waals surface area contributed by atoms with Crippen LogP contribution in [0, 0.1) is 11.3 Å². The lowest BCUT2D eigenvalue weighted by Gasteiger charge is -2.42. The van der Waals surface area contributed by atoms with Crippen LogP contribution < -0.4 is 20.1 Å². The molecule has 174 valence electrons. The van der Waals surface area contributed by atoms with E-state index in [1.165, 1.54) is 0 Å². The average Bonchev–Trinajstić information content (AvgIpc) is 3.01. The molecule has 3 aliphatic rings. The van der Waals surface area contributed by atoms with Gasteiger partial charge in [-0.2, -0.15) is 0 Å². The van der Waals surface area contributed by atoms with Gasteiger partial charge in [0.15, 0.2) is 11.5 Å². The van der Waals surface area contributed by atoms with Crippen LogP contribution in [0.3, 0.4) is 0 Å². The molecule has 0 aromatic heterocycles. The van der Waals surface area contributed by atoms with Crippen LogP contribution in [0.15, 0.2) is 18.2 Å². The third-order valence-corrected chi connectivity index (χ3v) is 7.53. The summed E-state index contributed by atoms with van der Waals surface area (Å²) in [5.41, 5.74) is 0.153. The van der Waals surface area contributed by atoms with Gasteiger partial charge in [0.2, 0.25) is 5.91 Å². The minimum atomic E-state index is -0.860. The van der Waals surface area contributed by atoms with Gasteiger partial charge < -0.3 is 20.1 Å². The van der Waals surface area contributed by atoms with E-state index in [1.54, 1.807) is 0 Å². The highest BCUT2D eigenvalue weighted by Gasteiger charge is 2.53. The predicted octanol–water partition coefficient (Wildman–Crippen LogP) is 2.99. The van der Waals surface area contributed by atoms with E-state index in [0.717, 1.165) is 29.7 Å². The van der Waals surface area contributed by atoms with Crippen molar-refractivity contribution in [2.24, 2.45) is 11.3 Å². The van der Waals surface area contributed by atoms with Gasteiger partial charge in [-0.15, -0.1) is 0 Å². The van der Waals surface area contributed by atoms with E-state index in [2.05, 4.69) is 31.4 Å². The van der Waals surface area contributed by atoms with E-state index in [1.807, 2.05) is 18.2 Å². The smallest absolute Gasteiger partial charge is 0.325 e. The number of nitrogens with one attached hydrogen (secondary N) is 2. The van der Waals surface area contributed by atoms with Crippen LogP contribution in [0.1, 0.15) is 58.4 Å². The van der Waals surface area contributed by atoms with Gasteiger partial charge in [-0.25, -0.2) is 4.79 Å². The van der Waals surface area contributed by atoms with Gasteiger partial charge in [-0.1, -0.05) is 39.3 Å². The number of ether oxygens (including phenoxy) is 2. The summed E-state index contributed by atoms with van der Waals surface area (Å²) in [6, 6.07) is 5.04. The molecule has 1 saturated carbocycles. The van der Waals surface area contributed by atoms with Gasteiger partial charge in [0.05, 0.1) is 0 Å². The Morgan fingerprint density at radius 3 is 2.66 bits per heavy atom. The summed E-state index contributed by atoms with van der Waals surface area (Å²) in [7, 11) is 0. The van der Waals surface area contributed by atoms with Crippen LogP contribution in [-0.2, 0) is 16.1 Å². The van der Waals surface area contributed by atoms with E-state index in [9.17, 15) is 14.4 Å². The number of imide groups is 1. The van der Waals surface area contributed by atoms with Gasteiger partial charge >= 0.3 is 6.03 Å². The second kappa shape index (κ2) is 8.64. The van der Waals surface area contributed by atoms with Gasteiger partial charge in [0.1, 0.15) is 25.3 Å². The maximum atomic E-state index is 13.1. The second-order valence-corrected chi connectivity index (χ2v) is 9.74. The molecule has 0 atom stereocenters. The van der Waals surface area contributed by atoms with Crippen molar-refractivity contribution in [1.82, 2.24) is 15.5 Å². The normalized spacial score (nSPS) is 25.1. The number of urea groups is 1. The summed E-state index contributed by atoms with van der Waals surface area (Å²) in [5, 5.41) is 5.69. The van der Waals surface area contributed by atoms with Crippen LogP contribution in [0.4, 0.5) is 4.79 Å². The predicted molar refractivity (Wildman–Crippen MR) is 118 cm³/mol. The number of carbonyl (C=O) groups is 3. The Morgan fingerprint density at radius 2 is 1.94 bits per heavy atom. The highest BCUT2D eigenvalue weighted by Crippen LogP contribution is 2.45. The monoisotopic (exact) mass is 443 g/mol. The fraction of sp³-hybridized carbons (Fsp3) is 0.625. The van der Waals surface area contributed by atoms with E-state index >= 15 is 0 Å². The molecular formula is C24H33N3O5. The van der Waals surface area contributed by atoms with Crippen molar-refractivity contribution in [2.45, 2.75) is 65.0 Å². The molecule has 8 heteroatoms. The van der Waals surface area contributed by atoms with Crippen LogP contribution in [0.25, 0.3) is 0 Å². The SMILES string of the molecule is CCC(C)(C)C1CCC2(CC1)NC(=O)N(CC(=O)NCc1cccc3c1OCCO3)C2=O. The Hall–Kier alpha value is -2.77. The first-order chi connectivity index (χ1) is 15.3. The highest BCUT2D eigenvalue weighted by atomic mass is 16.6. The van der Waals surface area contributed by atoms with Crippen LogP contribution in [-0.4, -0.2) is 48.0 Å². The van der Waals surface area contributed by atoms with Crippen LogP contribution >= 0.6 is 0 Å². The average molecular weight is 444 g/mol. The Kier molecular flexibility index (Phi) is 6.05. The van der Waals surface area contributed by atoms with E-state index in [-0.39, 0.29) is 30.3 Å². The first-order valence-electron chi connectivity index (χ1n) is 11.5. The minimum absolute atomic E-state index is 0.220. The quantitative estimate of drug-likeness (QED) is 0.659. The van der Waals surface area contributed by atoms with Crippen molar-refractivity contribution < 1.29 is 23.9 Å². The molecule has 1 saturated heterocycles. The molecule has 1 aromatic carbocycles. The van der Waals surface area contributed by atoms with Gasteiger partial charge in [-0.05, 0) is 43.1 Å². The lowest BCUT2D eigenvalue weighted by Crippen LogP contribution is -2.51. The number of fused-ring (bicyclic) bond motifs is 1. The van der Waals surface area contributed by atoms with Crippen LogP contribution in [0.5, 0.6) is 11.5 Å². The molecule has 2 heterocycles. The maximum absolute atomic E-state index is 13.1. The summed E-state index contributed by atoms with van der Waals surface area (Å²) in [5.74, 6) is 1.14. The lowest BCUT2D eigenvalue weighted by molar-refractivity contribution is -0.136. The summed E-state index contributed by atoms with van der Waals surface area (Å²) in [6.45, 7) is 7.62. The number of nitrogens with zero attached hydrogens (tertiary/aromatic N) is 1. The topological polar surface area (TPSA) is 97.0 Å². The molecule has 32 heavy (non-hydrogen) atoms. The zero-order valence-corrected chi connectivity index (χ0v) is 19.2. The van der Waals surface area contributed by atoms with Crippen molar-refractivity contribution >= 4 is 17.8 Å².